The molecule has 0 aliphatic heterocycles. The minimum atomic E-state index is -0.782. The van der Waals surface area contributed by atoms with Gasteiger partial charge in [-0.2, -0.15) is 0 Å². The van der Waals surface area contributed by atoms with Gasteiger partial charge in [-0.1, -0.05) is 11.6 Å². The molecule has 0 saturated carbocycles. The van der Waals surface area contributed by atoms with Crippen molar-refractivity contribution in [3.63, 3.8) is 0 Å². The lowest BCUT2D eigenvalue weighted by Gasteiger charge is -2.05. The average molecular weight is 257 g/mol. The first-order valence-corrected chi connectivity index (χ1v) is 5.55. The number of carbonyl (C=O) groups excluding carboxylic acids is 2. The third-order valence-electron chi connectivity index (χ3n) is 1.91. The van der Waals surface area contributed by atoms with Crippen LogP contribution in [0.2, 0.25) is 5.02 Å². The number of hydrogen-bond donors (Lipinski definition) is 0. The standard InChI is InChI=1S/C12H13ClO4/c1-9(14)3-2-8-16-12(15)17-11-6-4-10(13)5-7-11/h4-7H,2-3,8H2,1H3. The SMILES string of the molecule is CC(=O)CCCOC(=O)Oc1ccc(Cl)cc1. The van der Waals surface area contributed by atoms with Crippen molar-refractivity contribution in [1.82, 2.24) is 0 Å². The zero-order chi connectivity index (χ0) is 12.7. The van der Waals surface area contributed by atoms with Gasteiger partial charge in [-0.25, -0.2) is 4.79 Å². The second kappa shape index (κ2) is 6.91. The van der Waals surface area contributed by atoms with Crippen LogP contribution in [0.25, 0.3) is 0 Å². The van der Waals surface area contributed by atoms with Crippen molar-refractivity contribution in [2.24, 2.45) is 0 Å². The second-order valence-electron chi connectivity index (χ2n) is 3.46. The Bertz CT molecular complexity index is 386. The molecule has 0 fully saturated rings. The number of rotatable bonds is 5. The number of ether oxygens (including phenoxy) is 2. The molecule has 1 rings (SSSR count). The van der Waals surface area contributed by atoms with Gasteiger partial charge in [0.25, 0.3) is 0 Å². The zero-order valence-corrected chi connectivity index (χ0v) is 10.2. The molecule has 0 heterocycles. The van der Waals surface area contributed by atoms with E-state index in [0.717, 1.165) is 0 Å². The molecule has 0 aliphatic rings. The molecular formula is C12H13ClO4. The molecule has 92 valence electrons. The van der Waals surface area contributed by atoms with Gasteiger partial charge in [0.15, 0.2) is 0 Å². The van der Waals surface area contributed by atoms with Crippen molar-refractivity contribution in [3.8, 4) is 5.75 Å². The van der Waals surface area contributed by atoms with Crippen LogP contribution in [0, 0.1) is 0 Å². The third-order valence-corrected chi connectivity index (χ3v) is 2.16. The largest absolute Gasteiger partial charge is 0.513 e. The lowest BCUT2D eigenvalue weighted by atomic mass is 10.2. The molecule has 0 amide bonds. The fourth-order valence-electron chi connectivity index (χ4n) is 1.10. The summed E-state index contributed by atoms with van der Waals surface area (Å²) in [5, 5.41) is 0.562. The summed E-state index contributed by atoms with van der Waals surface area (Å²) in [4.78, 5) is 21.8. The molecule has 0 N–H and O–H groups in total. The normalized spacial score (nSPS) is 9.76. The van der Waals surface area contributed by atoms with E-state index in [1.807, 2.05) is 0 Å². The third kappa shape index (κ3) is 5.92. The Morgan fingerprint density at radius 2 is 1.88 bits per heavy atom. The van der Waals surface area contributed by atoms with E-state index in [2.05, 4.69) is 0 Å². The van der Waals surface area contributed by atoms with Crippen molar-refractivity contribution in [1.29, 1.82) is 0 Å². The maximum absolute atomic E-state index is 11.2. The summed E-state index contributed by atoms with van der Waals surface area (Å²) in [6, 6.07) is 6.36. The van der Waals surface area contributed by atoms with E-state index in [1.165, 1.54) is 6.92 Å². The van der Waals surface area contributed by atoms with Gasteiger partial charge >= 0.3 is 6.16 Å². The average Bonchev–Trinajstić information content (AvgIpc) is 2.27. The highest BCUT2D eigenvalue weighted by atomic mass is 35.5. The van der Waals surface area contributed by atoms with Crippen LogP contribution in [0.4, 0.5) is 4.79 Å². The van der Waals surface area contributed by atoms with Gasteiger partial charge in [0.1, 0.15) is 11.5 Å². The topological polar surface area (TPSA) is 52.6 Å². The molecule has 0 saturated heterocycles. The molecule has 0 aromatic heterocycles. The Labute approximate surface area is 104 Å². The van der Waals surface area contributed by atoms with Crippen LogP contribution in [0.5, 0.6) is 5.75 Å². The molecule has 0 bridgehead atoms. The fraction of sp³-hybridized carbons (Fsp3) is 0.333. The minimum Gasteiger partial charge on any atom is -0.434 e. The van der Waals surface area contributed by atoms with Crippen LogP contribution in [-0.4, -0.2) is 18.5 Å². The van der Waals surface area contributed by atoms with Crippen molar-refractivity contribution in [2.45, 2.75) is 19.8 Å². The maximum Gasteiger partial charge on any atom is 0.513 e. The van der Waals surface area contributed by atoms with Crippen LogP contribution in [0.1, 0.15) is 19.8 Å². The lowest BCUT2D eigenvalue weighted by molar-refractivity contribution is -0.117. The number of carbonyl (C=O) groups is 2. The van der Waals surface area contributed by atoms with Crippen molar-refractivity contribution in [3.05, 3.63) is 29.3 Å². The van der Waals surface area contributed by atoms with Crippen LogP contribution in [0.3, 0.4) is 0 Å². The first-order chi connectivity index (χ1) is 8.08. The smallest absolute Gasteiger partial charge is 0.434 e. The first kappa shape index (κ1) is 13.5. The van der Waals surface area contributed by atoms with E-state index in [1.54, 1.807) is 24.3 Å². The van der Waals surface area contributed by atoms with E-state index in [4.69, 9.17) is 21.1 Å². The van der Waals surface area contributed by atoms with Gasteiger partial charge in [0.05, 0.1) is 6.61 Å². The van der Waals surface area contributed by atoms with Crippen LogP contribution >= 0.6 is 11.6 Å². The highest BCUT2D eigenvalue weighted by Gasteiger charge is 2.05. The number of Topliss-reactive ketones (excluding diaryl/α,β-unsaturated/α-hetero) is 1. The number of halogens is 1. The lowest BCUT2D eigenvalue weighted by Crippen LogP contribution is -2.11. The summed E-state index contributed by atoms with van der Waals surface area (Å²) >= 11 is 5.68. The van der Waals surface area contributed by atoms with Crippen LogP contribution in [0.15, 0.2) is 24.3 Å². The van der Waals surface area contributed by atoms with Crippen LogP contribution < -0.4 is 4.74 Å². The molecular weight excluding hydrogens is 244 g/mol. The number of ketones is 1. The summed E-state index contributed by atoms with van der Waals surface area (Å²) in [5.74, 6) is 0.436. The molecule has 1 aromatic carbocycles. The quantitative estimate of drug-likeness (QED) is 0.461. The second-order valence-corrected chi connectivity index (χ2v) is 3.90. The van der Waals surface area contributed by atoms with Crippen LogP contribution in [-0.2, 0) is 9.53 Å². The van der Waals surface area contributed by atoms with Crippen molar-refractivity contribution in [2.75, 3.05) is 6.61 Å². The maximum atomic E-state index is 11.2. The Balaban J connectivity index is 2.25. The molecule has 17 heavy (non-hydrogen) atoms. The molecule has 0 aliphatic carbocycles. The van der Waals surface area contributed by atoms with Crippen molar-refractivity contribution < 1.29 is 19.1 Å². The summed E-state index contributed by atoms with van der Waals surface area (Å²) in [5.41, 5.74) is 0. The molecule has 1 aromatic rings. The minimum absolute atomic E-state index is 0.0691. The molecule has 0 atom stereocenters. The number of benzene rings is 1. The van der Waals surface area contributed by atoms with Gasteiger partial charge in [0.2, 0.25) is 0 Å². The van der Waals surface area contributed by atoms with Crippen molar-refractivity contribution >= 4 is 23.5 Å². The van der Waals surface area contributed by atoms with E-state index in [-0.39, 0.29) is 12.4 Å². The molecule has 0 spiro atoms. The number of hydrogen-bond acceptors (Lipinski definition) is 4. The van der Waals surface area contributed by atoms with E-state index < -0.39 is 6.16 Å². The molecule has 0 radical (unpaired) electrons. The summed E-state index contributed by atoms with van der Waals surface area (Å²) < 4.78 is 9.65. The zero-order valence-electron chi connectivity index (χ0n) is 9.44. The van der Waals surface area contributed by atoms with Gasteiger partial charge in [0, 0.05) is 11.4 Å². The van der Waals surface area contributed by atoms with Gasteiger partial charge < -0.3 is 14.3 Å². The highest BCUT2D eigenvalue weighted by molar-refractivity contribution is 6.30. The first-order valence-electron chi connectivity index (χ1n) is 5.17. The fourth-order valence-corrected chi connectivity index (χ4v) is 1.23. The highest BCUT2D eigenvalue weighted by Crippen LogP contribution is 2.15. The predicted octanol–water partition coefficient (Wildman–Crippen LogP) is 3.22. The van der Waals surface area contributed by atoms with E-state index in [0.29, 0.717) is 23.6 Å². The molecule has 4 nitrogen and oxygen atoms in total. The molecule has 5 heteroatoms. The molecule has 0 unspecified atom stereocenters. The Kier molecular flexibility index (Phi) is 5.49. The Morgan fingerprint density at radius 3 is 2.47 bits per heavy atom. The van der Waals surface area contributed by atoms with Gasteiger partial charge in [-0.15, -0.1) is 0 Å². The van der Waals surface area contributed by atoms with Gasteiger partial charge in [-0.3, -0.25) is 0 Å². The monoisotopic (exact) mass is 256 g/mol. The van der Waals surface area contributed by atoms with E-state index >= 15 is 0 Å². The van der Waals surface area contributed by atoms with Gasteiger partial charge in [-0.05, 0) is 37.6 Å². The Morgan fingerprint density at radius 1 is 1.24 bits per heavy atom. The summed E-state index contributed by atoms with van der Waals surface area (Å²) in [6.07, 6.45) is 0.120. The summed E-state index contributed by atoms with van der Waals surface area (Å²) in [7, 11) is 0. The predicted molar refractivity (Wildman–Crippen MR) is 63.3 cm³/mol. The Hall–Kier alpha value is -1.55. The van der Waals surface area contributed by atoms with E-state index in [9.17, 15) is 9.59 Å². The summed E-state index contributed by atoms with van der Waals surface area (Å²) in [6.45, 7) is 1.66.